The maximum atomic E-state index is 15.1. The van der Waals surface area contributed by atoms with E-state index in [9.17, 15) is 19.5 Å². The molecule has 0 aromatic heterocycles. The molecule has 1 N–H and O–H groups in total. The first-order chi connectivity index (χ1) is 24.2. The number of aliphatic hydroxyl groups excluding tert-OH is 1. The molecule has 4 aliphatic heterocycles. The lowest BCUT2D eigenvalue weighted by Crippen LogP contribution is -2.56. The van der Waals surface area contributed by atoms with Gasteiger partial charge in [-0.3, -0.25) is 19.2 Å². The van der Waals surface area contributed by atoms with Crippen LogP contribution in [0.5, 0.6) is 0 Å². The number of hydrogen-bond acceptors (Lipinski definition) is 7. The van der Waals surface area contributed by atoms with Crippen molar-refractivity contribution in [3.8, 4) is 0 Å². The van der Waals surface area contributed by atoms with Crippen LogP contribution >= 0.6 is 0 Å². The molecule has 7 atom stereocenters. The van der Waals surface area contributed by atoms with E-state index in [0.29, 0.717) is 24.9 Å². The molecule has 50 heavy (non-hydrogen) atoms. The molecular weight excluding hydrogens is 634 g/mol. The van der Waals surface area contributed by atoms with Crippen molar-refractivity contribution in [3.63, 3.8) is 0 Å². The molecule has 2 saturated heterocycles. The van der Waals surface area contributed by atoms with E-state index in [1.54, 1.807) is 33.9 Å². The number of likely N-dealkylation sites (N-methyl/N-ethyl adjacent to an activating group) is 1. The molecule has 2 fully saturated rings. The summed E-state index contributed by atoms with van der Waals surface area (Å²) >= 11 is 0. The SMILES string of the molecule is C[C@H]1[C@H](c2ccccc2)OC(=O)[C@@H]2[C@H]3C(=O)N(CCCCO)[C@H](C(=O)N(c4ccc5ccccc5c4)C/C=C\CCC(=O)N1C)[C@]31C=C[C@H]2O1. The van der Waals surface area contributed by atoms with Crippen LogP contribution in [0.25, 0.3) is 10.8 Å². The summed E-state index contributed by atoms with van der Waals surface area (Å²) in [4.78, 5) is 62.2. The maximum Gasteiger partial charge on any atom is 0.313 e. The van der Waals surface area contributed by atoms with E-state index in [1.165, 1.54) is 0 Å². The topological polar surface area (TPSA) is 117 Å². The molecule has 7 rings (SSSR count). The predicted octanol–water partition coefficient (Wildman–Crippen LogP) is 4.58. The molecule has 0 unspecified atom stereocenters. The molecule has 4 aliphatic rings. The van der Waals surface area contributed by atoms with Gasteiger partial charge >= 0.3 is 5.97 Å². The van der Waals surface area contributed by atoms with Gasteiger partial charge in [-0.1, -0.05) is 85.0 Å². The van der Waals surface area contributed by atoms with Crippen LogP contribution in [-0.2, 0) is 28.7 Å². The lowest BCUT2D eigenvalue weighted by molar-refractivity contribution is -0.164. The van der Waals surface area contributed by atoms with Crippen molar-refractivity contribution in [1.82, 2.24) is 9.80 Å². The second-order valence-electron chi connectivity index (χ2n) is 13.7. The Hall–Kier alpha value is -4.80. The summed E-state index contributed by atoms with van der Waals surface area (Å²) in [6.07, 6.45) is 7.40. The number of benzene rings is 3. The molecular formula is C40H43N3O7. The summed E-state index contributed by atoms with van der Waals surface area (Å²) in [7, 11) is 1.71. The number of hydrogen-bond donors (Lipinski definition) is 1. The summed E-state index contributed by atoms with van der Waals surface area (Å²) in [5.41, 5.74) is -0.000862. The highest BCUT2D eigenvalue weighted by Gasteiger charge is 2.73. The number of anilines is 1. The third-order valence-corrected chi connectivity index (χ3v) is 10.8. The Labute approximate surface area is 291 Å². The summed E-state index contributed by atoms with van der Waals surface area (Å²) in [6.45, 7) is 2.22. The monoisotopic (exact) mass is 677 g/mol. The highest BCUT2D eigenvalue weighted by Crippen LogP contribution is 2.56. The van der Waals surface area contributed by atoms with Crippen LogP contribution in [0.1, 0.15) is 44.3 Å². The molecule has 0 aliphatic carbocycles. The molecule has 10 heteroatoms. The molecule has 0 saturated carbocycles. The first-order valence-electron chi connectivity index (χ1n) is 17.5. The van der Waals surface area contributed by atoms with Gasteiger partial charge in [-0.25, -0.2) is 0 Å². The van der Waals surface area contributed by atoms with Gasteiger partial charge in [0, 0.05) is 38.9 Å². The quantitative estimate of drug-likeness (QED) is 0.231. The van der Waals surface area contributed by atoms with Crippen LogP contribution in [0.4, 0.5) is 5.69 Å². The number of allylic oxidation sites excluding steroid dienone is 1. The molecule has 3 amide bonds. The average Bonchev–Trinajstić information content (AvgIpc) is 3.78. The zero-order chi connectivity index (χ0) is 35.0. The van der Waals surface area contributed by atoms with Crippen LogP contribution in [0.3, 0.4) is 0 Å². The number of carbonyl (C=O) groups is 4. The number of likely N-dealkylation sites (tertiary alicyclic amines) is 1. The number of unbranched alkanes of at least 4 members (excludes halogenated alkanes) is 1. The summed E-state index contributed by atoms with van der Waals surface area (Å²) in [6, 6.07) is 21.4. The number of nitrogens with zero attached hydrogens (tertiary/aromatic N) is 3. The number of fused-ring (bicyclic) bond motifs is 3. The van der Waals surface area contributed by atoms with E-state index < -0.39 is 47.7 Å². The summed E-state index contributed by atoms with van der Waals surface area (Å²) in [5.74, 6) is -3.37. The fourth-order valence-corrected chi connectivity index (χ4v) is 8.07. The molecule has 0 radical (unpaired) electrons. The zero-order valence-corrected chi connectivity index (χ0v) is 28.4. The number of esters is 1. The minimum atomic E-state index is -1.38. The Morgan fingerprint density at radius 1 is 0.900 bits per heavy atom. The van der Waals surface area contributed by atoms with Gasteiger partial charge in [0.25, 0.3) is 5.91 Å². The predicted molar refractivity (Wildman–Crippen MR) is 188 cm³/mol. The van der Waals surface area contributed by atoms with Crippen molar-refractivity contribution in [2.24, 2.45) is 11.8 Å². The zero-order valence-electron chi connectivity index (χ0n) is 28.4. The van der Waals surface area contributed by atoms with Gasteiger partial charge in [-0.2, -0.15) is 0 Å². The first kappa shape index (κ1) is 33.7. The number of amides is 3. The van der Waals surface area contributed by atoms with Crippen LogP contribution < -0.4 is 4.90 Å². The molecule has 260 valence electrons. The minimum absolute atomic E-state index is 0.0489. The van der Waals surface area contributed by atoms with Gasteiger partial charge in [0.1, 0.15) is 23.7 Å². The maximum absolute atomic E-state index is 15.1. The van der Waals surface area contributed by atoms with Crippen LogP contribution in [0.2, 0.25) is 0 Å². The Kier molecular flexibility index (Phi) is 9.32. The number of cyclic esters (lactones) is 1. The van der Waals surface area contributed by atoms with Gasteiger partial charge in [0.05, 0.1) is 18.1 Å². The van der Waals surface area contributed by atoms with E-state index in [0.717, 1.165) is 16.3 Å². The van der Waals surface area contributed by atoms with Crippen molar-refractivity contribution in [1.29, 1.82) is 0 Å². The van der Waals surface area contributed by atoms with Gasteiger partial charge in [-0.05, 0) is 54.7 Å². The summed E-state index contributed by atoms with van der Waals surface area (Å²) in [5, 5.41) is 11.6. The Balaban J connectivity index is 1.33. The van der Waals surface area contributed by atoms with Gasteiger partial charge < -0.3 is 29.3 Å². The van der Waals surface area contributed by atoms with E-state index in [-0.39, 0.29) is 43.8 Å². The van der Waals surface area contributed by atoms with Crippen molar-refractivity contribution in [3.05, 3.63) is 103 Å². The fraction of sp³-hybridized carbons (Fsp3) is 0.400. The number of carbonyl (C=O) groups excluding carboxylic acids is 4. The van der Waals surface area contributed by atoms with Crippen LogP contribution in [0, 0.1) is 11.8 Å². The lowest BCUT2D eigenvalue weighted by Gasteiger charge is -2.36. The Morgan fingerprint density at radius 3 is 2.44 bits per heavy atom. The van der Waals surface area contributed by atoms with Gasteiger partial charge in [0.2, 0.25) is 11.8 Å². The number of aliphatic hydroxyl groups is 1. The third kappa shape index (κ3) is 5.80. The van der Waals surface area contributed by atoms with Gasteiger partial charge in [0.15, 0.2) is 0 Å². The van der Waals surface area contributed by atoms with E-state index in [1.807, 2.05) is 91.9 Å². The first-order valence-corrected chi connectivity index (χ1v) is 17.5. The van der Waals surface area contributed by atoms with Crippen LogP contribution in [0.15, 0.2) is 97.1 Å². The summed E-state index contributed by atoms with van der Waals surface area (Å²) < 4.78 is 12.9. The van der Waals surface area contributed by atoms with E-state index in [4.69, 9.17) is 9.47 Å². The van der Waals surface area contributed by atoms with Crippen molar-refractivity contribution in [2.45, 2.75) is 62.5 Å². The molecule has 3 aromatic carbocycles. The molecule has 1 spiro atoms. The second-order valence-corrected chi connectivity index (χ2v) is 13.7. The van der Waals surface area contributed by atoms with E-state index in [2.05, 4.69) is 0 Å². The second kappa shape index (κ2) is 13.8. The van der Waals surface area contributed by atoms with Gasteiger partial charge in [-0.15, -0.1) is 0 Å². The molecule has 5 bridgehead atoms. The van der Waals surface area contributed by atoms with E-state index >= 15 is 4.79 Å². The lowest BCUT2D eigenvalue weighted by atomic mass is 9.74. The standard InChI is InChI=1S/C40H43N3O7/c1-26-35(28-14-5-3-6-15-28)49-39(48)33-31-20-21-40(50-31)34(33)37(46)43(23-11-12-24-44)36(40)38(47)42(22-10-4-7-17-32(45)41(26)2)30-19-18-27-13-8-9-16-29(27)25-30/h3-6,8-10,13-16,18-21,25-26,31,33-36,44H,7,11-12,17,22-24H2,1-2H3/b10-4-/t26-,31+,33-,34-,35+,36+,40-/m0/s1. The molecule has 3 aromatic rings. The Morgan fingerprint density at radius 2 is 1.66 bits per heavy atom. The van der Waals surface area contributed by atoms with Crippen LogP contribution in [-0.4, -0.2) is 89.1 Å². The highest BCUT2D eigenvalue weighted by atomic mass is 16.6. The Bertz CT molecular complexity index is 1840. The number of ether oxygens (including phenoxy) is 2. The smallest absolute Gasteiger partial charge is 0.313 e. The number of rotatable bonds is 6. The average molecular weight is 678 g/mol. The molecule has 10 nitrogen and oxygen atoms in total. The normalized spacial score (nSPS) is 30.7. The minimum Gasteiger partial charge on any atom is -0.455 e. The van der Waals surface area contributed by atoms with Crippen molar-refractivity contribution in [2.75, 3.05) is 31.6 Å². The highest BCUT2D eigenvalue weighted by molar-refractivity contribution is 6.06. The molecule has 4 heterocycles. The fourth-order valence-electron chi connectivity index (χ4n) is 8.07. The largest absolute Gasteiger partial charge is 0.455 e. The third-order valence-electron chi connectivity index (χ3n) is 10.8. The van der Waals surface area contributed by atoms with Crippen molar-refractivity contribution < 1.29 is 33.8 Å². The van der Waals surface area contributed by atoms with Crippen molar-refractivity contribution >= 4 is 40.2 Å².